The maximum Gasteiger partial charge on any atom is 0.261 e. The fourth-order valence-corrected chi connectivity index (χ4v) is 3.90. The molecule has 1 atom stereocenters. The summed E-state index contributed by atoms with van der Waals surface area (Å²) in [6, 6.07) is 17.3. The molecule has 0 unspecified atom stereocenters. The van der Waals surface area contributed by atoms with Crippen molar-refractivity contribution in [1.82, 2.24) is 10.2 Å². The van der Waals surface area contributed by atoms with E-state index in [-0.39, 0.29) is 24.5 Å². The third-order valence-electron chi connectivity index (χ3n) is 5.80. The van der Waals surface area contributed by atoms with Crippen molar-refractivity contribution in [2.24, 2.45) is 0 Å². The predicted octanol–water partition coefficient (Wildman–Crippen LogP) is 3.89. The monoisotopic (exact) mass is 408 g/mol. The Balaban J connectivity index is 1.66. The number of para-hydroxylation sites is 1. The lowest BCUT2D eigenvalue weighted by molar-refractivity contribution is -0.141. The van der Waals surface area contributed by atoms with Crippen molar-refractivity contribution in [3.05, 3.63) is 65.7 Å². The predicted molar refractivity (Wildman–Crippen MR) is 118 cm³/mol. The van der Waals surface area contributed by atoms with Crippen molar-refractivity contribution in [3.8, 4) is 5.75 Å². The summed E-state index contributed by atoms with van der Waals surface area (Å²) < 4.78 is 5.77. The van der Waals surface area contributed by atoms with Gasteiger partial charge < -0.3 is 15.0 Å². The number of rotatable bonds is 9. The van der Waals surface area contributed by atoms with E-state index in [0.29, 0.717) is 18.7 Å². The van der Waals surface area contributed by atoms with Gasteiger partial charge in [-0.2, -0.15) is 0 Å². The molecule has 2 aromatic carbocycles. The Morgan fingerprint density at radius 1 is 1.07 bits per heavy atom. The molecule has 5 heteroatoms. The molecule has 3 rings (SSSR count). The SMILES string of the molecule is Cc1ccccc1OCC(=O)N(CCc1ccccc1)[C@@H](C)C(=O)NC1CCCC1. The molecule has 1 saturated carbocycles. The van der Waals surface area contributed by atoms with E-state index in [1.165, 1.54) is 0 Å². The first-order chi connectivity index (χ1) is 14.5. The quantitative estimate of drug-likeness (QED) is 0.685. The van der Waals surface area contributed by atoms with E-state index in [1.807, 2.05) is 61.5 Å². The lowest BCUT2D eigenvalue weighted by atomic mass is 10.1. The molecule has 1 N–H and O–H groups in total. The zero-order chi connectivity index (χ0) is 21.3. The van der Waals surface area contributed by atoms with Gasteiger partial charge in [-0.05, 0) is 50.3 Å². The number of benzene rings is 2. The number of ether oxygens (including phenoxy) is 1. The number of nitrogens with zero attached hydrogens (tertiary/aromatic N) is 1. The van der Waals surface area contributed by atoms with Gasteiger partial charge in [-0.1, -0.05) is 61.4 Å². The van der Waals surface area contributed by atoms with Gasteiger partial charge in [0.2, 0.25) is 5.91 Å². The van der Waals surface area contributed by atoms with Crippen molar-refractivity contribution >= 4 is 11.8 Å². The van der Waals surface area contributed by atoms with Gasteiger partial charge >= 0.3 is 0 Å². The molecule has 5 nitrogen and oxygen atoms in total. The number of hydrogen-bond donors (Lipinski definition) is 1. The summed E-state index contributed by atoms with van der Waals surface area (Å²) in [4.78, 5) is 27.5. The van der Waals surface area contributed by atoms with Crippen LogP contribution in [-0.2, 0) is 16.0 Å². The van der Waals surface area contributed by atoms with Gasteiger partial charge in [0.1, 0.15) is 11.8 Å². The fraction of sp³-hybridized carbons (Fsp3) is 0.440. The zero-order valence-corrected chi connectivity index (χ0v) is 18.0. The largest absolute Gasteiger partial charge is 0.484 e. The lowest BCUT2D eigenvalue weighted by Crippen LogP contribution is -2.51. The Kier molecular flexibility index (Phi) is 7.89. The van der Waals surface area contributed by atoms with Crippen LogP contribution >= 0.6 is 0 Å². The van der Waals surface area contributed by atoms with Crippen LogP contribution in [0.25, 0.3) is 0 Å². The number of amides is 2. The van der Waals surface area contributed by atoms with Crippen LogP contribution in [0.2, 0.25) is 0 Å². The smallest absolute Gasteiger partial charge is 0.261 e. The molecule has 0 radical (unpaired) electrons. The Bertz CT molecular complexity index is 831. The van der Waals surface area contributed by atoms with E-state index >= 15 is 0 Å². The lowest BCUT2D eigenvalue weighted by Gasteiger charge is -2.29. The van der Waals surface area contributed by atoms with Crippen LogP contribution in [0.5, 0.6) is 5.75 Å². The number of carbonyl (C=O) groups is 2. The van der Waals surface area contributed by atoms with Crippen LogP contribution in [0.15, 0.2) is 54.6 Å². The van der Waals surface area contributed by atoms with E-state index < -0.39 is 6.04 Å². The first-order valence-electron chi connectivity index (χ1n) is 10.9. The minimum atomic E-state index is -0.540. The van der Waals surface area contributed by atoms with Crippen molar-refractivity contribution in [3.63, 3.8) is 0 Å². The van der Waals surface area contributed by atoms with Crippen LogP contribution in [0.4, 0.5) is 0 Å². The van der Waals surface area contributed by atoms with Crippen molar-refractivity contribution < 1.29 is 14.3 Å². The highest BCUT2D eigenvalue weighted by Gasteiger charge is 2.28. The summed E-state index contributed by atoms with van der Waals surface area (Å²) in [6.07, 6.45) is 5.04. The highest BCUT2D eigenvalue weighted by molar-refractivity contribution is 5.88. The minimum absolute atomic E-state index is 0.0826. The summed E-state index contributed by atoms with van der Waals surface area (Å²) in [5.74, 6) is 0.430. The van der Waals surface area contributed by atoms with Crippen LogP contribution in [0, 0.1) is 6.92 Å². The van der Waals surface area contributed by atoms with Crippen molar-refractivity contribution in [2.45, 2.75) is 58.0 Å². The molecule has 0 saturated heterocycles. The number of aryl methyl sites for hydroxylation is 1. The fourth-order valence-electron chi connectivity index (χ4n) is 3.90. The summed E-state index contributed by atoms with van der Waals surface area (Å²) in [7, 11) is 0. The Labute approximate surface area is 179 Å². The molecule has 1 aliphatic carbocycles. The summed E-state index contributed by atoms with van der Waals surface area (Å²) >= 11 is 0. The maximum absolute atomic E-state index is 13.1. The Morgan fingerprint density at radius 2 is 1.73 bits per heavy atom. The number of nitrogens with one attached hydrogen (secondary N) is 1. The minimum Gasteiger partial charge on any atom is -0.484 e. The van der Waals surface area contributed by atoms with E-state index in [2.05, 4.69) is 5.32 Å². The molecule has 0 spiro atoms. The Hall–Kier alpha value is -2.82. The molecule has 0 heterocycles. The van der Waals surface area contributed by atoms with Gasteiger partial charge in [-0.25, -0.2) is 0 Å². The normalized spacial score (nSPS) is 14.9. The van der Waals surface area contributed by atoms with E-state index in [0.717, 1.165) is 36.8 Å². The first kappa shape index (κ1) is 21.9. The summed E-state index contributed by atoms with van der Waals surface area (Å²) in [6.45, 7) is 4.14. The Morgan fingerprint density at radius 3 is 2.43 bits per heavy atom. The maximum atomic E-state index is 13.1. The first-order valence-corrected chi connectivity index (χ1v) is 10.9. The highest BCUT2D eigenvalue weighted by Crippen LogP contribution is 2.19. The topological polar surface area (TPSA) is 58.6 Å². The molecule has 1 fully saturated rings. The van der Waals surface area contributed by atoms with E-state index in [9.17, 15) is 9.59 Å². The molecule has 0 bridgehead atoms. The van der Waals surface area contributed by atoms with Crippen LogP contribution < -0.4 is 10.1 Å². The molecule has 0 aliphatic heterocycles. The summed E-state index contributed by atoms with van der Waals surface area (Å²) in [5.41, 5.74) is 2.12. The van der Waals surface area contributed by atoms with Crippen molar-refractivity contribution in [2.75, 3.05) is 13.2 Å². The van der Waals surface area contributed by atoms with Gasteiger partial charge in [0.15, 0.2) is 6.61 Å². The second-order valence-electron chi connectivity index (χ2n) is 8.04. The molecule has 2 aromatic rings. The molecule has 2 amide bonds. The average Bonchev–Trinajstić information content (AvgIpc) is 3.27. The van der Waals surface area contributed by atoms with E-state index in [1.54, 1.807) is 11.8 Å². The molecule has 1 aliphatic rings. The molecule has 30 heavy (non-hydrogen) atoms. The van der Waals surface area contributed by atoms with Crippen molar-refractivity contribution in [1.29, 1.82) is 0 Å². The van der Waals surface area contributed by atoms with Gasteiger partial charge in [-0.15, -0.1) is 0 Å². The van der Waals surface area contributed by atoms with Gasteiger partial charge in [0, 0.05) is 12.6 Å². The van der Waals surface area contributed by atoms with Crippen LogP contribution in [-0.4, -0.2) is 41.9 Å². The standard InChI is InChI=1S/C25H32N2O3/c1-19-10-6-9-15-23(19)30-18-24(28)27(17-16-21-11-4-3-5-12-21)20(2)25(29)26-22-13-7-8-14-22/h3-6,9-12,15,20,22H,7-8,13-14,16-18H2,1-2H3,(H,26,29)/t20-/m0/s1. The van der Waals surface area contributed by atoms with Gasteiger partial charge in [-0.3, -0.25) is 9.59 Å². The number of carbonyl (C=O) groups excluding carboxylic acids is 2. The van der Waals surface area contributed by atoms with Crippen LogP contribution in [0.1, 0.15) is 43.7 Å². The molecular weight excluding hydrogens is 376 g/mol. The zero-order valence-electron chi connectivity index (χ0n) is 18.0. The third kappa shape index (κ3) is 6.09. The highest BCUT2D eigenvalue weighted by atomic mass is 16.5. The number of hydrogen-bond acceptors (Lipinski definition) is 3. The third-order valence-corrected chi connectivity index (χ3v) is 5.80. The van der Waals surface area contributed by atoms with Crippen LogP contribution in [0.3, 0.4) is 0 Å². The van der Waals surface area contributed by atoms with E-state index in [4.69, 9.17) is 4.74 Å². The second-order valence-corrected chi connectivity index (χ2v) is 8.04. The molecule has 160 valence electrons. The van der Waals surface area contributed by atoms with Gasteiger partial charge in [0.25, 0.3) is 5.91 Å². The average molecular weight is 409 g/mol. The second kappa shape index (κ2) is 10.8. The van der Waals surface area contributed by atoms with Gasteiger partial charge in [0.05, 0.1) is 0 Å². The molecule has 0 aromatic heterocycles. The molecular formula is C25H32N2O3. The summed E-state index contributed by atoms with van der Waals surface area (Å²) in [5, 5.41) is 3.12.